The van der Waals surface area contributed by atoms with Gasteiger partial charge in [-0.25, -0.2) is 9.78 Å². The summed E-state index contributed by atoms with van der Waals surface area (Å²) in [7, 11) is 0. The third-order valence-corrected chi connectivity index (χ3v) is 3.07. The molecule has 1 aromatic rings. The molecule has 1 rings (SSSR count). The molecular weight excluding hydrogens is 244 g/mol. The van der Waals surface area contributed by atoms with Gasteiger partial charge in [-0.2, -0.15) is 0 Å². The summed E-state index contributed by atoms with van der Waals surface area (Å²) >= 11 is 0. The van der Waals surface area contributed by atoms with Crippen LogP contribution in [0.25, 0.3) is 0 Å². The summed E-state index contributed by atoms with van der Waals surface area (Å²) in [6.07, 6.45) is 3.30. The highest BCUT2D eigenvalue weighted by Gasteiger charge is 2.14. The van der Waals surface area contributed by atoms with E-state index in [0.29, 0.717) is 11.5 Å². The van der Waals surface area contributed by atoms with Crippen molar-refractivity contribution in [2.75, 3.05) is 0 Å². The van der Waals surface area contributed by atoms with Crippen LogP contribution in [0.3, 0.4) is 0 Å². The van der Waals surface area contributed by atoms with Crippen molar-refractivity contribution in [1.82, 2.24) is 10.3 Å². The SMILES string of the molecule is CCC(C)CC(C)NC(=O)c1ccnc(C(=O)O)c1. The third kappa shape index (κ3) is 4.69. The van der Waals surface area contributed by atoms with Crippen LogP contribution in [0.4, 0.5) is 0 Å². The molecule has 0 bridgehead atoms. The van der Waals surface area contributed by atoms with Crippen LogP contribution < -0.4 is 5.32 Å². The van der Waals surface area contributed by atoms with Gasteiger partial charge in [-0.1, -0.05) is 20.3 Å². The molecular formula is C14H20N2O3. The maximum Gasteiger partial charge on any atom is 0.354 e. The Bertz CT molecular complexity index is 460. The normalized spacial score (nSPS) is 13.6. The number of amides is 1. The second-order valence-electron chi connectivity index (χ2n) is 4.86. The third-order valence-electron chi connectivity index (χ3n) is 3.07. The van der Waals surface area contributed by atoms with Crippen LogP contribution >= 0.6 is 0 Å². The van der Waals surface area contributed by atoms with Gasteiger partial charge >= 0.3 is 5.97 Å². The Hall–Kier alpha value is -1.91. The van der Waals surface area contributed by atoms with E-state index in [1.807, 2.05) is 6.92 Å². The lowest BCUT2D eigenvalue weighted by Crippen LogP contribution is -2.33. The van der Waals surface area contributed by atoms with Crippen LogP contribution in [0.1, 0.15) is 54.5 Å². The topological polar surface area (TPSA) is 79.3 Å². The van der Waals surface area contributed by atoms with Crippen molar-refractivity contribution < 1.29 is 14.7 Å². The number of carboxylic acid groups (broad SMARTS) is 1. The van der Waals surface area contributed by atoms with Crippen molar-refractivity contribution in [1.29, 1.82) is 0 Å². The Balaban J connectivity index is 2.67. The lowest BCUT2D eigenvalue weighted by atomic mass is 10.0. The van der Waals surface area contributed by atoms with Gasteiger partial charge in [-0.05, 0) is 31.4 Å². The number of carbonyl (C=O) groups excluding carboxylic acids is 1. The molecule has 2 N–H and O–H groups in total. The van der Waals surface area contributed by atoms with Crippen LogP contribution in [-0.4, -0.2) is 28.0 Å². The fourth-order valence-electron chi connectivity index (χ4n) is 1.83. The molecule has 0 aliphatic heterocycles. The van der Waals surface area contributed by atoms with E-state index in [-0.39, 0.29) is 17.6 Å². The molecule has 1 heterocycles. The Morgan fingerprint density at radius 1 is 1.42 bits per heavy atom. The van der Waals surface area contributed by atoms with Gasteiger partial charge in [-0.15, -0.1) is 0 Å². The first kappa shape index (κ1) is 15.1. The molecule has 1 aromatic heterocycles. The van der Waals surface area contributed by atoms with Crippen molar-refractivity contribution in [2.24, 2.45) is 5.92 Å². The highest BCUT2D eigenvalue weighted by molar-refractivity contribution is 5.96. The molecule has 5 nitrogen and oxygen atoms in total. The van der Waals surface area contributed by atoms with E-state index in [0.717, 1.165) is 12.8 Å². The molecule has 0 saturated carbocycles. The number of carbonyl (C=O) groups is 2. The second kappa shape index (κ2) is 6.87. The van der Waals surface area contributed by atoms with Gasteiger partial charge in [0.05, 0.1) is 0 Å². The number of nitrogens with zero attached hydrogens (tertiary/aromatic N) is 1. The van der Waals surface area contributed by atoms with Gasteiger partial charge in [0.25, 0.3) is 5.91 Å². The summed E-state index contributed by atoms with van der Waals surface area (Å²) in [5, 5.41) is 11.7. The fraction of sp³-hybridized carbons (Fsp3) is 0.500. The minimum Gasteiger partial charge on any atom is -0.477 e. The monoisotopic (exact) mass is 264 g/mol. The van der Waals surface area contributed by atoms with Gasteiger partial charge in [0.1, 0.15) is 5.69 Å². The van der Waals surface area contributed by atoms with E-state index in [9.17, 15) is 9.59 Å². The lowest BCUT2D eigenvalue weighted by Gasteiger charge is -2.17. The van der Waals surface area contributed by atoms with Gasteiger partial charge in [0.2, 0.25) is 0 Å². The van der Waals surface area contributed by atoms with E-state index >= 15 is 0 Å². The molecule has 2 unspecified atom stereocenters. The second-order valence-corrected chi connectivity index (χ2v) is 4.86. The predicted octanol–water partition coefficient (Wildman–Crippen LogP) is 2.33. The van der Waals surface area contributed by atoms with Crippen molar-refractivity contribution in [3.8, 4) is 0 Å². The molecule has 5 heteroatoms. The summed E-state index contributed by atoms with van der Waals surface area (Å²) < 4.78 is 0. The Labute approximate surface area is 113 Å². The average molecular weight is 264 g/mol. The number of carboxylic acids is 1. The summed E-state index contributed by atoms with van der Waals surface area (Å²) in [5.74, 6) is -0.856. The molecule has 0 saturated heterocycles. The lowest BCUT2D eigenvalue weighted by molar-refractivity contribution is 0.0690. The quantitative estimate of drug-likeness (QED) is 0.826. The summed E-state index contributed by atoms with van der Waals surface area (Å²) in [4.78, 5) is 26.4. The molecule has 19 heavy (non-hydrogen) atoms. The fourth-order valence-corrected chi connectivity index (χ4v) is 1.83. The first-order chi connectivity index (χ1) is 8.93. The number of rotatable bonds is 6. The predicted molar refractivity (Wildman–Crippen MR) is 72.2 cm³/mol. The molecule has 0 radical (unpaired) electrons. The number of hydrogen-bond donors (Lipinski definition) is 2. The van der Waals surface area contributed by atoms with Gasteiger partial charge in [0.15, 0.2) is 0 Å². The Kier molecular flexibility index (Phi) is 5.48. The zero-order chi connectivity index (χ0) is 14.4. The molecule has 0 aromatic carbocycles. The van der Waals surface area contributed by atoms with E-state index < -0.39 is 5.97 Å². The van der Waals surface area contributed by atoms with Crippen molar-refractivity contribution >= 4 is 11.9 Å². The number of nitrogens with one attached hydrogen (secondary N) is 1. The standard InChI is InChI=1S/C14H20N2O3/c1-4-9(2)7-10(3)16-13(17)11-5-6-15-12(8-11)14(18)19/h5-6,8-10H,4,7H2,1-3H3,(H,16,17)(H,18,19). The number of aromatic nitrogens is 1. The largest absolute Gasteiger partial charge is 0.477 e. The van der Waals surface area contributed by atoms with Gasteiger partial charge in [-0.3, -0.25) is 4.79 Å². The van der Waals surface area contributed by atoms with Crippen molar-refractivity contribution in [3.05, 3.63) is 29.6 Å². The zero-order valence-corrected chi connectivity index (χ0v) is 11.5. The van der Waals surface area contributed by atoms with E-state index in [1.54, 1.807) is 0 Å². The minimum atomic E-state index is -1.14. The Morgan fingerprint density at radius 3 is 2.68 bits per heavy atom. The number of aromatic carboxylic acids is 1. The molecule has 1 amide bonds. The maximum atomic E-state index is 12.0. The average Bonchev–Trinajstić information content (AvgIpc) is 2.38. The molecule has 0 aliphatic carbocycles. The van der Waals surface area contributed by atoms with E-state index in [1.165, 1.54) is 18.3 Å². The molecule has 0 spiro atoms. The summed E-state index contributed by atoms with van der Waals surface area (Å²) in [5.41, 5.74) is 0.200. The highest BCUT2D eigenvalue weighted by atomic mass is 16.4. The minimum absolute atomic E-state index is 0.0592. The van der Waals surface area contributed by atoms with Crippen molar-refractivity contribution in [2.45, 2.75) is 39.7 Å². The van der Waals surface area contributed by atoms with Gasteiger partial charge < -0.3 is 10.4 Å². The van der Waals surface area contributed by atoms with Crippen LogP contribution in [0.5, 0.6) is 0 Å². The maximum absolute atomic E-state index is 12.0. The Morgan fingerprint density at radius 2 is 2.11 bits per heavy atom. The first-order valence-electron chi connectivity index (χ1n) is 6.44. The van der Waals surface area contributed by atoms with Crippen LogP contribution in [0.2, 0.25) is 0 Å². The molecule has 0 fully saturated rings. The zero-order valence-electron chi connectivity index (χ0n) is 11.5. The van der Waals surface area contributed by atoms with E-state index in [4.69, 9.17) is 5.11 Å². The van der Waals surface area contributed by atoms with Crippen LogP contribution in [0, 0.1) is 5.92 Å². The highest BCUT2D eigenvalue weighted by Crippen LogP contribution is 2.10. The smallest absolute Gasteiger partial charge is 0.354 e. The summed E-state index contributed by atoms with van der Waals surface area (Å²) in [6.45, 7) is 6.20. The number of hydrogen-bond acceptors (Lipinski definition) is 3. The van der Waals surface area contributed by atoms with Crippen LogP contribution in [-0.2, 0) is 0 Å². The summed E-state index contributed by atoms with van der Waals surface area (Å²) in [6, 6.07) is 2.86. The molecule has 104 valence electrons. The first-order valence-corrected chi connectivity index (χ1v) is 6.44. The van der Waals surface area contributed by atoms with Crippen molar-refractivity contribution in [3.63, 3.8) is 0 Å². The number of pyridine rings is 1. The van der Waals surface area contributed by atoms with E-state index in [2.05, 4.69) is 24.1 Å². The molecule has 0 aliphatic rings. The van der Waals surface area contributed by atoms with Crippen LogP contribution in [0.15, 0.2) is 18.3 Å². The van der Waals surface area contributed by atoms with Gasteiger partial charge in [0, 0.05) is 17.8 Å². The molecule has 2 atom stereocenters.